The Bertz CT molecular complexity index is 474. The van der Waals surface area contributed by atoms with E-state index in [0.717, 1.165) is 6.42 Å². The lowest BCUT2D eigenvalue weighted by molar-refractivity contribution is -0.384. The summed E-state index contributed by atoms with van der Waals surface area (Å²) in [7, 11) is 0. The molecule has 6 nitrogen and oxygen atoms in total. The first kappa shape index (κ1) is 15.1. The molecule has 1 amide bonds. The van der Waals surface area contributed by atoms with Crippen LogP contribution in [0, 0.1) is 17.0 Å². The van der Waals surface area contributed by atoms with Crippen LogP contribution in [0.4, 0.5) is 5.69 Å². The van der Waals surface area contributed by atoms with Gasteiger partial charge in [0.15, 0.2) is 0 Å². The van der Waals surface area contributed by atoms with Gasteiger partial charge in [0, 0.05) is 30.3 Å². The molecule has 0 spiro atoms. The number of aliphatic hydroxyl groups excluding tert-OH is 1. The van der Waals surface area contributed by atoms with Gasteiger partial charge in [-0.15, -0.1) is 0 Å². The number of nitrogens with one attached hydrogen (secondary N) is 1. The third-order valence-electron chi connectivity index (χ3n) is 2.97. The first-order valence-electron chi connectivity index (χ1n) is 6.16. The molecule has 104 valence electrons. The van der Waals surface area contributed by atoms with Crippen LogP contribution in [-0.2, 0) is 0 Å². The van der Waals surface area contributed by atoms with Gasteiger partial charge in [0.25, 0.3) is 11.6 Å². The van der Waals surface area contributed by atoms with Gasteiger partial charge in [0.05, 0.1) is 4.92 Å². The number of aliphatic hydroxyl groups is 1. The zero-order chi connectivity index (χ0) is 14.4. The number of hydrogen-bond acceptors (Lipinski definition) is 4. The molecule has 0 saturated carbocycles. The van der Waals surface area contributed by atoms with Gasteiger partial charge in [-0.25, -0.2) is 0 Å². The highest BCUT2D eigenvalue weighted by molar-refractivity contribution is 5.96. The average Bonchev–Trinajstić information content (AvgIpc) is 2.37. The summed E-state index contributed by atoms with van der Waals surface area (Å²) in [6, 6.07) is 4.05. The Hall–Kier alpha value is -1.95. The molecule has 1 unspecified atom stereocenters. The number of non-ortho nitro benzene ring substituents is 1. The zero-order valence-electron chi connectivity index (χ0n) is 11.0. The molecule has 1 rings (SSSR count). The number of nitro groups is 1. The number of amides is 1. The Morgan fingerprint density at radius 1 is 1.53 bits per heavy atom. The van der Waals surface area contributed by atoms with Gasteiger partial charge in [-0.2, -0.15) is 0 Å². The summed E-state index contributed by atoms with van der Waals surface area (Å²) < 4.78 is 0. The highest BCUT2D eigenvalue weighted by Gasteiger charge is 2.16. The van der Waals surface area contributed by atoms with Crippen molar-refractivity contribution in [1.29, 1.82) is 0 Å². The third-order valence-corrected chi connectivity index (χ3v) is 2.97. The molecule has 0 heterocycles. The van der Waals surface area contributed by atoms with Gasteiger partial charge in [-0.1, -0.05) is 6.92 Å². The van der Waals surface area contributed by atoms with Crippen molar-refractivity contribution < 1.29 is 14.8 Å². The fourth-order valence-corrected chi connectivity index (χ4v) is 1.81. The predicted octanol–water partition coefficient (Wildman–Crippen LogP) is 1.79. The van der Waals surface area contributed by atoms with Crippen LogP contribution in [0.25, 0.3) is 0 Å². The number of nitrogens with zero attached hydrogens (tertiary/aromatic N) is 1. The van der Waals surface area contributed by atoms with E-state index in [1.807, 2.05) is 6.92 Å². The van der Waals surface area contributed by atoms with E-state index in [1.54, 1.807) is 6.92 Å². The van der Waals surface area contributed by atoms with Crippen LogP contribution >= 0.6 is 0 Å². The standard InChI is InChI=1S/C13H18N2O4/c1-3-10(6-7-16)14-13(17)12-5-4-11(15(18)19)8-9(12)2/h4-5,8,10,16H,3,6-7H2,1-2H3,(H,14,17). The van der Waals surface area contributed by atoms with Crippen LogP contribution in [0.5, 0.6) is 0 Å². The van der Waals surface area contributed by atoms with Crippen molar-refractivity contribution in [3.63, 3.8) is 0 Å². The molecule has 0 aliphatic rings. The van der Waals surface area contributed by atoms with E-state index in [0.29, 0.717) is 17.5 Å². The van der Waals surface area contributed by atoms with Crippen molar-refractivity contribution in [2.24, 2.45) is 0 Å². The fourth-order valence-electron chi connectivity index (χ4n) is 1.81. The largest absolute Gasteiger partial charge is 0.396 e. The maximum atomic E-state index is 12.0. The first-order chi connectivity index (χ1) is 8.99. The van der Waals surface area contributed by atoms with E-state index in [2.05, 4.69) is 5.32 Å². The lowest BCUT2D eigenvalue weighted by Crippen LogP contribution is -2.35. The highest BCUT2D eigenvalue weighted by atomic mass is 16.6. The second-order valence-electron chi connectivity index (χ2n) is 4.35. The Labute approximate surface area is 111 Å². The molecule has 0 aliphatic heterocycles. The maximum Gasteiger partial charge on any atom is 0.269 e. The van der Waals surface area contributed by atoms with Gasteiger partial charge < -0.3 is 10.4 Å². The molecule has 1 aromatic rings. The van der Waals surface area contributed by atoms with E-state index in [4.69, 9.17) is 5.11 Å². The number of rotatable bonds is 6. The first-order valence-corrected chi connectivity index (χ1v) is 6.16. The monoisotopic (exact) mass is 266 g/mol. The SMILES string of the molecule is CCC(CCO)NC(=O)c1ccc([N+](=O)[O-])cc1C. The number of carbonyl (C=O) groups excluding carboxylic acids is 1. The zero-order valence-corrected chi connectivity index (χ0v) is 11.0. The summed E-state index contributed by atoms with van der Waals surface area (Å²) in [4.78, 5) is 22.2. The minimum Gasteiger partial charge on any atom is -0.396 e. The van der Waals surface area contributed by atoms with Crippen LogP contribution in [0.3, 0.4) is 0 Å². The smallest absolute Gasteiger partial charge is 0.269 e. The maximum absolute atomic E-state index is 12.0. The van der Waals surface area contributed by atoms with E-state index >= 15 is 0 Å². The van der Waals surface area contributed by atoms with E-state index in [9.17, 15) is 14.9 Å². The number of carbonyl (C=O) groups is 1. The predicted molar refractivity (Wildman–Crippen MR) is 71.1 cm³/mol. The molecule has 0 saturated heterocycles. The number of hydrogen-bond donors (Lipinski definition) is 2. The van der Waals surface area contributed by atoms with Crippen molar-refractivity contribution in [2.45, 2.75) is 32.7 Å². The molecule has 0 bridgehead atoms. The summed E-state index contributed by atoms with van der Waals surface area (Å²) in [5, 5.41) is 22.3. The summed E-state index contributed by atoms with van der Waals surface area (Å²) in [6.45, 7) is 3.59. The molecule has 0 radical (unpaired) electrons. The molecule has 1 aromatic carbocycles. The average molecular weight is 266 g/mol. The summed E-state index contributed by atoms with van der Waals surface area (Å²) in [5.41, 5.74) is 0.948. The molecule has 2 N–H and O–H groups in total. The fraction of sp³-hybridized carbons (Fsp3) is 0.462. The topological polar surface area (TPSA) is 92.5 Å². The molecule has 6 heteroatoms. The minimum absolute atomic E-state index is 0.0119. The van der Waals surface area contributed by atoms with Crippen molar-refractivity contribution in [3.8, 4) is 0 Å². The molecule has 0 aromatic heterocycles. The molecule has 0 aliphatic carbocycles. The van der Waals surface area contributed by atoms with E-state index in [1.165, 1.54) is 18.2 Å². The molecule has 0 fully saturated rings. The lowest BCUT2D eigenvalue weighted by atomic mass is 10.1. The Morgan fingerprint density at radius 3 is 2.68 bits per heavy atom. The number of benzene rings is 1. The van der Waals surface area contributed by atoms with Gasteiger partial charge in [0.1, 0.15) is 0 Å². The molecular formula is C13H18N2O4. The van der Waals surface area contributed by atoms with Crippen molar-refractivity contribution in [1.82, 2.24) is 5.32 Å². The quantitative estimate of drug-likeness (QED) is 0.606. The van der Waals surface area contributed by atoms with Gasteiger partial charge in [-0.05, 0) is 31.4 Å². The third kappa shape index (κ3) is 4.03. The summed E-state index contributed by atoms with van der Waals surface area (Å²) in [6.07, 6.45) is 1.21. The van der Waals surface area contributed by atoms with Crippen LogP contribution in [0.15, 0.2) is 18.2 Å². The Kier molecular flexibility index (Phi) is 5.44. The van der Waals surface area contributed by atoms with Crippen LogP contribution in [0.1, 0.15) is 35.7 Å². The Morgan fingerprint density at radius 2 is 2.21 bits per heavy atom. The van der Waals surface area contributed by atoms with Crippen LogP contribution in [-0.4, -0.2) is 28.6 Å². The lowest BCUT2D eigenvalue weighted by Gasteiger charge is -2.16. The summed E-state index contributed by atoms with van der Waals surface area (Å²) >= 11 is 0. The number of nitro benzene ring substituents is 1. The van der Waals surface area contributed by atoms with Gasteiger partial charge in [0.2, 0.25) is 0 Å². The highest BCUT2D eigenvalue weighted by Crippen LogP contribution is 2.17. The Balaban J connectivity index is 2.85. The van der Waals surface area contributed by atoms with Crippen LogP contribution in [0.2, 0.25) is 0 Å². The van der Waals surface area contributed by atoms with E-state index in [-0.39, 0.29) is 24.2 Å². The van der Waals surface area contributed by atoms with Gasteiger partial charge in [-0.3, -0.25) is 14.9 Å². The van der Waals surface area contributed by atoms with Gasteiger partial charge >= 0.3 is 0 Å². The molecule has 19 heavy (non-hydrogen) atoms. The van der Waals surface area contributed by atoms with Crippen molar-refractivity contribution >= 4 is 11.6 Å². The normalized spacial score (nSPS) is 11.9. The van der Waals surface area contributed by atoms with Crippen LogP contribution < -0.4 is 5.32 Å². The van der Waals surface area contributed by atoms with Crippen molar-refractivity contribution in [3.05, 3.63) is 39.4 Å². The molecular weight excluding hydrogens is 248 g/mol. The second kappa shape index (κ2) is 6.84. The molecule has 1 atom stereocenters. The van der Waals surface area contributed by atoms with Crippen molar-refractivity contribution in [2.75, 3.05) is 6.61 Å². The summed E-state index contributed by atoms with van der Waals surface area (Å²) in [5.74, 6) is -0.271. The number of aryl methyl sites for hydroxylation is 1. The van der Waals surface area contributed by atoms with E-state index < -0.39 is 4.92 Å². The minimum atomic E-state index is -0.491. The second-order valence-corrected chi connectivity index (χ2v) is 4.35.